The molecule has 0 spiro atoms. The van der Waals surface area contributed by atoms with Crippen molar-refractivity contribution in [1.82, 2.24) is 30.6 Å². The molecule has 0 fully saturated rings. The number of aliphatic carboxylic acids is 2. The number of aromatic nitrogens is 4. The molecule has 0 bridgehead atoms. The number of anilines is 2. The number of nitrogens with two attached hydrogens (primary N) is 1. The summed E-state index contributed by atoms with van der Waals surface area (Å²) in [6, 6.07) is 4.25. The maximum Gasteiger partial charge on any atom is 0.326 e. The fraction of sp³-hybridized carbons (Fsp3) is 0.304. The maximum absolute atomic E-state index is 12.5. The molecule has 1 aromatic carbocycles. The minimum atomic E-state index is -1.32. The van der Waals surface area contributed by atoms with Gasteiger partial charge in [0, 0.05) is 23.7 Å². The van der Waals surface area contributed by atoms with Crippen LogP contribution in [0.2, 0.25) is 0 Å². The van der Waals surface area contributed by atoms with Crippen LogP contribution in [0.1, 0.15) is 42.2 Å². The van der Waals surface area contributed by atoms with Crippen LogP contribution < -0.4 is 27.2 Å². The van der Waals surface area contributed by atoms with E-state index in [0.717, 1.165) is 0 Å². The number of H-pyrrole nitrogens is 1. The van der Waals surface area contributed by atoms with E-state index in [1.165, 1.54) is 25.3 Å². The number of carboxylic acids is 2. The van der Waals surface area contributed by atoms with Gasteiger partial charge < -0.3 is 31.9 Å². The molecule has 3 rings (SSSR count). The van der Waals surface area contributed by atoms with E-state index in [-0.39, 0.29) is 48.5 Å². The van der Waals surface area contributed by atoms with Gasteiger partial charge in [-0.25, -0.2) is 14.8 Å². The van der Waals surface area contributed by atoms with Gasteiger partial charge in [0.1, 0.15) is 6.04 Å². The number of amides is 2. The second-order valence-electron chi connectivity index (χ2n) is 8.39. The minimum absolute atomic E-state index is 0.0470. The van der Waals surface area contributed by atoms with E-state index in [9.17, 15) is 29.1 Å². The lowest BCUT2D eigenvalue weighted by Gasteiger charge is -2.16. The summed E-state index contributed by atoms with van der Waals surface area (Å²) in [5, 5.41) is 26.1. The lowest BCUT2D eigenvalue weighted by atomic mass is 10.1. The number of hydrogen-bond acceptors (Lipinski definition) is 10. The molecule has 0 aliphatic heterocycles. The van der Waals surface area contributed by atoms with Crippen LogP contribution >= 0.6 is 0 Å². The van der Waals surface area contributed by atoms with Crippen LogP contribution in [0.5, 0.6) is 0 Å². The van der Waals surface area contributed by atoms with E-state index in [1.54, 1.807) is 12.1 Å². The van der Waals surface area contributed by atoms with Crippen molar-refractivity contribution in [3.8, 4) is 0 Å². The average Bonchev–Trinajstić information content (AvgIpc) is 2.84. The first-order valence-corrected chi connectivity index (χ1v) is 11.4. The second kappa shape index (κ2) is 12.2. The van der Waals surface area contributed by atoms with Gasteiger partial charge in [-0.3, -0.25) is 24.2 Å². The largest absolute Gasteiger partial charge is 0.481 e. The Morgan fingerprint density at radius 1 is 1.08 bits per heavy atom. The number of carbonyl (C=O) groups is 4. The summed E-state index contributed by atoms with van der Waals surface area (Å²) >= 11 is 0. The van der Waals surface area contributed by atoms with Crippen LogP contribution in [-0.4, -0.2) is 66.0 Å². The third-order valence-electron chi connectivity index (χ3n) is 5.26. The molecule has 0 saturated heterocycles. The highest BCUT2D eigenvalue weighted by Crippen LogP contribution is 2.12. The SMILES string of the molecule is C[C@H](CC(=O)O)NC(=O)CC[C@H](NC(=O)c1ccc(NCc2cnc3nc(N)[nH]c(=O)c3n2)cc1)C(=O)O. The number of aromatic amines is 1. The van der Waals surface area contributed by atoms with Gasteiger partial charge in [0.05, 0.1) is 24.9 Å². The van der Waals surface area contributed by atoms with Crippen molar-refractivity contribution in [2.24, 2.45) is 0 Å². The molecule has 0 unspecified atom stereocenters. The predicted molar refractivity (Wildman–Crippen MR) is 134 cm³/mol. The van der Waals surface area contributed by atoms with Crippen molar-refractivity contribution in [2.75, 3.05) is 11.1 Å². The Labute approximate surface area is 214 Å². The molecule has 3 aromatic rings. The van der Waals surface area contributed by atoms with Crippen LogP contribution in [0.15, 0.2) is 35.3 Å². The predicted octanol–water partition coefficient (Wildman–Crippen LogP) is -0.150. The Morgan fingerprint density at radius 2 is 1.79 bits per heavy atom. The van der Waals surface area contributed by atoms with E-state index in [1.807, 2.05) is 0 Å². The summed E-state index contributed by atoms with van der Waals surface area (Å²) in [5.41, 5.74) is 6.43. The first-order chi connectivity index (χ1) is 18.0. The number of carbonyl (C=O) groups excluding carboxylic acids is 2. The first-order valence-electron chi connectivity index (χ1n) is 11.4. The number of hydrogen-bond donors (Lipinski definition) is 7. The quantitative estimate of drug-likeness (QED) is 0.163. The molecule has 2 heterocycles. The van der Waals surface area contributed by atoms with Gasteiger partial charge in [-0.05, 0) is 37.6 Å². The van der Waals surface area contributed by atoms with E-state index in [4.69, 9.17) is 10.8 Å². The Kier molecular flexibility index (Phi) is 8.86. The molecular weight excluding hydrogens is 500 g/mol. The highest BCUT2D eigenvalue weighted by atomic mass is 16.4. The number of nitrogens with one attached hydrogen (secondary N) is 4. The number of fused-ring (bicyclic) bond motifs is 1. The summed E-state index contributed by atoms with van der Waals surface area (Å²) in [7, 11) is 0. The number of rotatable bonds is 12. The van der Waals surface area contributed by atoms with Crippen LogP contribution in [0.25, 0.3) is 11.2 Å². The molecule has 2 amide bonds. The zero-order chi connectivity index (χ0) is 27.8. The third kappa shape index (κ3) is 7.71. The Hall–Kier alpha value is -5.08. The lowest BCUT2D eigenvalue weighted by Crippen LogP contribution is -2.42. The van der Waals surface area contributed by atoms with Gasteiger partial charge in [0.25, 0.3) is 11.5 Å². The van der Waals surface area contributed by atoms with Gasteiger partial charge in [-0.2, -0.15) is 4.98 Å². The highest BCUT2D eigenvalue weighted by Gasteiger charge is 2.22. The molecular formula is C23H26N8O7. The summed E-state index contributed by atoms with van der Waals surface area (Å²) < 4.78 is 0. The summed E-state index contributed by atoms with van der Waals surface area (Å²) in [6.45, 7) is 1.73. The lowest BCUT2D eigenvalue weighted by molar-refractivity contribution is -0.139. The molecule has 0 aliphatic rings. The Bertz CT molecular complexity index is 1410. The fourth-order valence-electron chi connectivity index (χ4n) is 3.42. The van der Waals surface area contributed by atoms with E-state index < -0.39 is 41.4 Å². The van der Waals surface area contributed by atoms with Crippen molar-refractivity contribution in [3.63, 3.8) is 0 Å². The minimum Gasteiger partial charge on any atom is -0.481 e. The monoisotopic (exact) mass is 526 g/mol. The van der Waals surface area contributed by atoms with Crippen LogP contribution in [0.3, 0.4) is 0 Å². The molecule has 2 aromatic heterocycles. The number of nitrogen functional groups attached to an aromatic ring is 1. The van der Waals surface area contributed by atoms with Crippen LogP contribution in [0, 0.1) is 0 Å². The molecule has 15 heteroatoms. The average molecular weight is 527 g/mol. The molecule has 0 aliphatic carbocycles. The summed E-state index contributed by atoms with van der Waals surface area (Å²) in [6.07, 6.45) is 0.793. The first kappa shape index (κ1) is 27.5. The van der Waals surface area contributed by atoms with Crippen molar-refractivity contribution in [3.05, 3.63) is 52.1 Å². The van der Waals surface area contributed by atoms with E-state index >= 15 is 0 Å². The van der Waals surface area contributed by atoms with Gasteiger partial charge in [0.15, 0.2) is 11.2 Å². The fourth-order valence-corrected chi connectivity index (χ4v) is 3.42. The summed E-state index contributed by atoms with van der Waals surface area (Å²) in [5.74, 6) is -3.60. The number of benzene rings is 1. The van der Waals surface area contributed by atoms with Crippen molar-refractivity contribution >= 4 is 46.6 Å². The molecule has 8 N–H and O–H groups in total. The van der Waals surface area contributed by atoms with Crippen molar-refractivity contribution in [2.45, 2.75) is 44.8 Å². The molecule has 0 saturated carbocycles. The van der Waals surface area contributed by atoms with Crippen molar-refractivity contribution in [1.29, 1.82) is 0 Å². The number of carboxylic acid groups (broad SMARTS) is 2. The molecule has 2 atom stereocenters. The molecule has 15 nitrogen and oxygen atoms in total. The standard InChI is InChI=1S/C23H26N8O7/c1-11(8-17(33)34)27-16(32)7-6-15(22(37)38)29-20(35)12-2-4-13(5-3-12)25-9-14-10-26-19-18(28-14)21(36)31-23(24)30-19/h2-5,10-11,15,25H,6-9H2,1H3,(H,27,32)(H,29,35)(H,33,34)(H,37,38)(H3,24,26,30,31,36)/t11-,15+/m1/s1. The van der Waals surface area contributed by atoms with E-state index in [2.05, 4.69) is 35.9 Å². The highest BCUT2D eigenvalue weighted by molar-refractivity contribution is 5.97. The van der Waals surface area contributed by atoms with Gasteiger partial charge in [0.2, 0.25) is 11.9 Å². The second-order valence-corrected chi connectivity index (χ2v) is 8.39. The van der Waals surface area contributed by atoms with E-state index in [0.29, 0.717) is 11.4 Å². The zero-order valence-electron chi connectivity index (χ0n) is 20.2. The van der Waals surface area contributed by atoms with Crippen LogP contribution in [-0.2, 0) is 20.9 Å². The third-order valence-corrected chi connectivity index (χ3v) is 5.26. The van der Waals surface area contributed by atoms with Crippen molar-refractivity contribution < 1.29 is 29.4 Å². The van der Waals surface area contributed by atoms with Crippen LogP contribution in [0.4, 0.5) is 11.6 Å². The maximum atomic E-state index is 12.5. The Morgan fingerprint density at radius 3 is 2.45 bits per heavy atom. The zero-order valence-corrected chi connectivity index (χ0v) is 20.2. The smallest absolute Gasteiger partial charge is 0.326 e. The molecule has 38 heavy (non-hydrogen) atoms. The Balaban J connectivity index is 1.54. The topological polar surface area (TPSA) is 242 Å². The van der Waals surface area contributed by atoms with Gasteiger partial charge in [-0.15, -0.1) is 0 Å². The summed E-state index contributed by atoms with van der Waals surface area (Å²) in [4.78, 5) is 73.3. The molecule has 0 radical (unpaired) electrons. The normalized spacial score (nSPS) is 12.3. The van der Waals surface area contributed by atoms with Gasteiger partial charge in [-0.1, -0.05) is 0 Å². The molecule has 200 valence electrons. The number of nitrogens with zero attached hydrogens (tertiary/aromatic N) is 3. The van der Waals surface area contributed by atoms with Gasteiger partial charge >= 0.3 is 11.9 Å².